The first-order valence-electron chi connectivity index (χ1n) is 8.17. The fourth-order valence-corrected chi connectivity index (χ4v) is 3.98. The number of rotatable bonds is 5. The Kier molecular flexibility index (Phi) is 6.01. The molecule has 0 spiro atoms. The number of hydrogen-bond acceptors (Lipinski definition) is 7. The van der Waals surface area contributed by atoms with Crippen molar-refractivity contribution in [3.05, 3.63) is 58.5 Å². The fraction of sp³-hybridized carbons (Fsp3) is 0.150. The van der Waals surface area contributed by atoms with Crippen LogP contribution in [-0.2, 0) is 9.53 Å². The summed E-state index contributed by atoms with van der Waals surface area (Å²) in [6.45, 7) is 0. The molecule has 0 N–H and O–H groups in total. The first-order chi connectivity index (χ1) is 13.5. The normalized spacial score (nSPS) is 15.1. The van der Waals surface area contributed by atoms with Gasteiger partial charge in [0.2, 0.25) is 0 Å². The van der Waals surface area contributed by atoms with E-state index >= 15 is 0 Å². The third-order valence-corrected chi connectivity index (χ3v) is 5.37. The molecule has 8 heteroatoms. The summed E-state index contributed by atoms with van der Waals surface area (Å²) >= 11 is 6.56. The Hall–Kier alpha value is -2.84. The first-order valence-corrected chi connectivity index (χ1v) is 9.40. The summed E-state index contributed by atoms with van der Waals surface area (Å²) in [5, 5.41) is 0. The lowest BCUT2D eigenvalue weighted by atomic mass is 10.1. The van der Waals surface area contributed by atoms with Gasteiger partial charge in [0.1, 0.15) is 11.5 Å². The molecule has 1 aliphatic heterocycles. The molecular weight excluding hydrogens is 398 g/mol. The lowest BCUT2D eigenvalue weighted by molar-refractivity contribution is -0.113. The van der Waals surface area contributed by atoms with Crippen LogP contribution in [0.1, 0.15) is 15.9 Å². The maximum Gasteiger partial charge on any atom is 0.339 e. The van der Waals surface area contributed by atoms with Gasteiger partial charge in [-0.3, -0.25) is 9.69 Å². The van der Waals surface area contributed by atoms with Crippen LogP contribution in [0.2, 0.25) is 0 Å². The summed E-state index contributed by atoms with van der Waals surface area (Å²) in [7, 11) is 4.40. The second kappa shape index (κ2) is 8.45. The van der Waals surface area contributed by atoms with Gasteiger partial charge in [-0.25, -0.2) is 4.79 Å². The van der Waals surface area contributed by atoms with Gasteiger partial charge >= 0.3 is 5.97 Å². The second-order valence-corrected chi connectivity index (χ2v) is 7.31. The van der Waals surface area contributed by atoms with E-state index in [1.54, 1.807) is 62.8 Å². The van der Waals surface area contributed by atoms with Gasteiger partial charge in [0.25, 0.3) is 5.91 Å². The number of thiocarbonyl (C=S) groups is 1. The Morgan fingerprint density at radius 3 is 2.54 bits per heavy atom. The van der Waals surface area contributed by atoms with Gasteiger partial charge in [-0.15, -0.1) is 0 Å². The van der Waals surface area contributed by atoms with Gasteiger partial charge in [0, 0.05) is 11.6 Å². The lowest BCUT2D eigenvalue weighted by Gasteiger charge is -2.17. The zero-order chi connectivity index (χ0) is 20.3. The number of hydrogen-bond donors (Lipinski definition) is 0. The SMILES string of the molecule is COC(=O)c1ccccc1N1C(=O)/C(=C/c2ccc(OC)cc2OC)SC1=S. The van der Waals surface area contributed by atoms with Crippen molar-refractivity contribution in [2.45, 2.75) is 0 Å². The van der Waals surface area contributed by atoms with Crippen molar-refractivity contribution in [3.8, 4) is 11.5 Å². The third kappa shape index (κ3) is 3.74. The smallest absolute Gasteiger partial charge is 0.339 e. The highest BCUT2D eigenvalue weighted by Crippen LogP contribution is 2.38. The molecule has 0 radical (unpaired) electrons. The van der Waals surface area contributed by atoms with E-state index in [4.69, 9.17) is 26.4 Å². The second-order valence-electron chi connectivity index (χ2n) is 5.63. The molecule has 1 amide bonds. The minimum atomic E-state index is -0.537. The monoisotopic (exact) mass is 415 g/mol. The molecule has 0 saturated carbocycles. The summed E-state index contributed by atoms with van der Waals surface area (Å²) in [6.07, 6.45) is 1.71. The van der Waals surface area contributed by atoms with Gasteiger partial charge in [-0.2, -0.15) is 0 Å². The Balaban J connectivity index is 2.00. The maximum absolute atomic E-state index is 13.0. The third-order valence-electron chi connectivity index (χ3n) is 4.07. The standard InChI is InChI=1S/C20H17NO5S2/c1-24-13-9-8-12(16(11-13)25-2)10-17-18(22)21(20(27)28-17)15-7-5-4-6-14(15)19(23)26-3/h4-11H,1-3H3/b17-10-. The molecule has 144 valence electrons. The highest BCUT2D eigenvalue weighted by molar-refractivity contribution is 8.27. The summed E-state index contributed by atoms with van der Waals surface area (Å²) in [5.74, 6) is 0.364. The van der Waals surface area contributed by atoms with Gasteiger partial charge in [0.15, 0.2) is 4.32 Å². The van der Waals surface area contributed by atoms with Crippen LogP contribution in [0.15, 0.2) is 47.4 Å². The quantitative estimate of drug-likeness (QED) is 0.417. The predicted octanol–water partition coefficient (Wildman–Crippen LogP) is 3.90. The number of carbonyl (C=O) groups is 2. The zero-order valence-corrected chi connectivity index (χ0v) is 17.1. The topological polar surface area (TPSA) is 65.1 Å². The van der Waals surface area contributed by atoms with Crippen molar-refractivity contribution in [1.82, 2.24) is 0 Å². The molecule has 1 fully saturated rings. The Labute approximate surface area is 172 Å². The molecule has 0 atom stereocenters. The molecule has 2 aromatic carbocycles. The Morgan fingerprint density at radius 1 is 1.11 bits per heavy atom. The van der Waals surface area contributed by atoms with Crippen molar-refractivity contribution < 1.29 is 23.8 Å². The predicted molar refractivity (Wildman–Crippen MR) is 113 cm³/mol. The van der Waals surface area contributed by atoms with Crippen molar-refractivity contribution >= 4 is 51.9 Å². The van der Waals surface area contributed by atoms with Crippen LogP contribution in [0.5, 0.6) is 11.5 Å². The molecule has 0 unspecified atom stereocenters. The highest BCUT2D eigenvalue weighted by Gasteiger charge is 2.35. The molecule has 3 rings (SSSR count). The molecule has 1 aliphatic rings. The first kappa shape index (κ1) is 19.9. The summed E-state index contributed by atoms with van der Waals surface area (Å²) in [4.78, 5) is 26.9. The Morgan fingerprint density at radius 2 is 1.86 bits per heavy atom. The van der Waals surface area contributed by atoms with Crippen LogP contribution in [0.25, 0.3) is 6.08 Å². The maximum atomic E-state index is 13.0. The van der Waals surface area contributed by atoms with Crippen molar-refractivity contribution in [1.29, 1.82) is 0 Å². The number of anilines is 1. The van der Waals surface area contributed by atoms with Crippen LogP contribution in [0, 0.1) is 0 Å². The lowest BCUT2D eigenvalue weighted by Crippen LogP contribution is -2.29. The van der Waals surface area contributed by atoms with E-state index in [1.165, 1.54) is 12.0 Å². The number of ether oxygens (including phenoxy) is 3. The van der Waals surface area contributed by atoms with E-state index in [9.17, 15) is 9.59 Å². The van der Waals surface area contributed by atoms with Gasteiger partial charge < -0.3 is 14.2 Å². The van der Waals surface area contributed by atoms with Crippen LogP contribution in [0.3, 0.4) is 0 Å². The van der Waals surface area contributed by atoms with Gasteiger partial charge in [-0.1, -0.05) is 36.1 Å². The number of benzene rings is 2. The van der Waals surface area contributed by atoms with Crippen LogP contribution < -0.4 is 14.4 Å². The molecule has 28 heavy (non-hydrogen) atoms. The van der Waals surface area contributed by atoms with Crippen molar-refractivity contribution in [3.63, 3.8) is 0 Å². The van der Waals surface area contributed by atoms with Gasteiger partial charge in [0.05, 0.1) is 37.5 Å². The summed E-state index contributed by atoms with van der Waals surface area (Å²) < 4.78 is 15.7. The summed E-state index contributed by atoms with van der Waals surface area (Å²) in [5.41, 5.74) is 1.37. The van der Waals surface area contributed by atoms with E-state index in [0.29, 0.717) is 32.0 Å². The van der Waals surface area contributed by atoms with E-state index < -0.39 is 5.97 Å². The largest absolute Gasteiger partial charge is 0.497 e. The number of esters is 1. The van der Waals surface area contributed by atoms with E-state index in [2.05, 4.69) is 0 Å². The van der Waals surface area contributed by atoms with Crippen LogP contribution >= 0.6 is 24.0 Å². The van der Waals surface area contributed by atoms with E-state index in [0.717, 1.165) is 11.8 Å². The number of amides is 1. The van der Waals surface area contributed by atoms with E-state index in [1.807, 2.05) is 0 Å². The number of nitrogens with zero attached hydrogens (tertiary/aromatic N) is 1. The number of carbonyl (C=O) groups excluding carboxylic acids is 2. The molecule has 2 aromatic rings. The molecule has 6 nitrogen and oxygen atoms in total. The van der Waals surface area contributed by atoms with Crippen molar-refractivity contribution in [2.24, 2.45) is 0 Å². The molecule has 0 aromatic heterocycles. The van der Waals surface area contributed by atoms with Gasteiger partial charge in [-0.05, 0) is 30.3 Å². The number of methoxy groups -OCH3 is 3. The zero-order valence-electron chi connectivity index (χ0n) is 15.4. The van der Waals surface area contributed by atoms with Crippen molar-refractivity contribution in [2.75, 3.05) is 26.2 Å². The van der Waals surface area contributed by atoms with Crippen LogP contribution in [-0.4, -0.2) is 37.5 Å². The molecule has 1 heterocycles. The number of thioether (sulfide) groups is 1. The molecule has 1 saturated heterocycles. The average Bonchev–Trinajstić information content (AvgIpc) is 3.00. The summed E-state index contributed by atoms with van der Waals surface area (Å²) in [6, 6.07) is 12.0. The fourth-order valence-electron chi connectivity index (χ4n) is 2.71. The minimum Gasteiger partial charge on any atom is -0.497 e. The van der Waals surface area contributed by atoms with E-state index in [-0.39, 0.29) is 11.5 Å². The average molecular weight is 415 g/mol. The Bertz CT molecular complexity index is 986. The van der Waals surface area contributed by atoms with Crippen LogP contribution in [0.4, 0.5) is 5.69 Å². The molecule has 0 bridgehead atoms. The highest BCUT2D eigenvalue weighted by atomic mass is 32.2. The minimum absolute atomic E-state index is 0.268. The molecular formula is C20H17NO5S2. The molecule has 0 aliphatic carbocycles. The number of para-hydroxylation sites is 1.